The Bertz CT molecular complexity index is 1120. The van der Waals surface area contributed by atoms with E-state index in [2.05, 4.69) is 54.2 Å². The molecule has 2 unspecified atom stereocenters. The molecule has 3 aromatic rings. The number of benzene rings is 2. The van der Waals surface area contributed by atoms with Crippen molar-refractivity contribution in [3.63, 3.8) is 0 Å². The molecule has 2 saturated heterocycles. The standard InChI is InChI=1S/C28H35N3O3/c1-19-16-30(17-20(2)34-19)18-21-4-6-23(7-5-21)28(32)31-12-10-22(11-13-31)26-15-29-27-9-8-24(33-3)14-25(26)27/h4-9,14-15,19-20,22,29H,10-13,16-18H2,1-3H3. The van der Waals surface area contributed by atoms with E-state index in [4.69, 9.17) is 9.47 Å². The second-order valence-corrected chi connectivity index (χ2v) is 9.87. The van der Waals surface area contributed by atoms with E-state index in [9.17, 15) is 4.79 Å². The minimum absolute atomic E-state index is 0.138. The molecule has 1 aromatic heterocycles. The zero-order valence-corrected chi connectivity index (χ0v) is 20.4. The van der Waals surface area contributed by atoms with Crippen LogP contribution in [0.2, 0.25) is 0 Å². The normalized spacial score (nSPS) is 22.3. The van der Waals surface area contributed by atoms with Gasteiger partial charge in [0.05, 0.1) is 19.3 Å². The van der Waals surface area contributed by atoms with Crippen molar-refractivity contribution in [1.82, 2.24) is 14.8 Å². The van der Waals surface area contributed by atoms with Gasteiger partial charge in [0.1, 0.15) is 5.75 Å². The van der Waals surface area contributed by atoms with Gasteiger partial charge in [0.2, 0.25) is 0 Å². The van der Waals surface area contributed by atoms with Crippen molar-refractivity contribution in [1.29, 1.82) is 0 Å². The Morgan fingerprint density at radius 3 is 2.44 bits per heavy atom. The van der Waals surface area contributed by atoms with Gasteiger partial charge in [-0.05, 0) is 74.1 Å². The molecule has 0 spiro atoms. The van der Waals surface area contributed by atoms with Gasteiger partial charge in [-0.25, -0.2) is 0 Å². The monoisotopic (exact) mass is 461 g/mol. The molecule has 2 aromatic carbocycles. The molecule has 6 heteroatoms. The topological polar surface area (TPSA) is 57.8 Å². The predicted molar refractivity (Wildman–Crippen MR) is 134 cm³/mol. The maximum Gasteiger partial charge on any atom is 0.253 e. The molecule has 1 N–H and O–H groups in total. The molecule has 0 bridgehead atoms. The van der Waals surface area contributed by atoms with Crippen LogP contribution in [0.3, 0.4) is 0 Å². The molecule has 2 fully saturated rings. The van der Waals surface area contributed by atoms with Gasteiger partial charge < -0.3 is 19.4 Å². The molecule has 0 saturated carbocycles. The number of carbonyl (C=O) groups excluding carboxylic acids is 1. The van der Waals surface area contributed by atoms with E-state index in [1.807, 2.05) is 23.1 Å². The largest absolute Gasteiger partial charge is 0.497 e. The molecule has 6 nitrogen and oxygen atoms in total. The summed E-state index contributed by atoms with van der Waals surface area (Å²) in [6.45, 7) is 8.61. The first-order chi connectivity index (χ1) is 16.5. The average molecular weight is 462 g/mol. The van der Waals surface area contributed by atoms with E-state index in [0.717, 1.165) is 62.4 Å². The fourth-order valence-electron chi connectivity index (χ4n) is 5.59. The van der Waals surface area contributed by atoms with Crippen LogP contribution in [0, 0.1) is 0 Å². The molecule has 0 radical (unpaired) electrons. The summed E-state index contributed by atoms with van der Waals surface area (Å²) in [6, 6.07) is 14.3. The van der Waals surface area contributed by atoms with Gasteiger partial charge in [-0.2, -0.15) is 0 Å². The lowest BCUT2D eigenvalue weighted by Gasteiger charge is -2.35. The number of nitrogens with one attached hydrogen (secondary N) is 1. The summed E-state index contributed by atoms with van der Waals surface area (Å²) in [5, 5.41) is 1.23. The average Bonchev–Trinajstić information content (AvgIpc) is 3.27. The third-order valence-electron chi connectivity index (χ3n) is 7.25. The molecule has 0 aliphatic carbocycles. The number of methoxy groups -OCH3 is 1. The number of nitrogens with zero attached hydrogens (tertiary/aromatic N) is 2. The Morgan fingerprint density at radius 1 is 1.06 bits per heavy atom. The van der Waals surface area contributed by atoms with Gasteiger partial charge in [0.15, 0.2) is 0 Å². The van der Waals surface area contributed by atoms with Crippen LogP contribution in [-0.4, -0.2) is 66.2 Å². The number of hydrogen-bond acceptors (Lipinski definition) is 4. The predicted octanol–water partition coefficient (Wildman–Crippen LogP) is 4.81. The lowest BCUT2D eigenvalue weighted by Crippen LogP contribution is -2.44. The van der Waals surface area contributed by atoms with Crippen molar-refractivity contribution in [3.05, 3.63) is 65.4 Å². The summed E-state index contributed by atoms with van der Waals surface area (Å²) < 4.78 is 11.3. The first-order valence-electron chi connectivity index (χ1n) is 12.4. The number of carbonyl (C=O) groups is 1. The zero-order chi connectivity index (χ0) is 23.7. The van der Waals surface area contributed by atoms with Crippen molar-refractivity contribution >= 4 is 16.8 Å². The van der Waals surface area contributed by atoms with Crippen LogP contribution in [0.5, 0.6) is 5.75 Å². The number of aromatic nitrogens is 1. The number of piperidine rings is 1. The molecule has 2 aliphatic rings. The highest BCUT2D eigenvalue weighted by atomic mass is 16.5. The highest BCUT2D eigenvalue weighted by molar-refractivity contribution is 5.94. The summed E-state index contributed by atoms with van der Waals surface area (Å²) in [4.78, 5) is 21.0. The van der Waals surface area contributed by atoms with Crippen molar-refractivity contribution in [3.8, 4) is 5.75 Å². The Hall–Kier alpha value is -2.83. The SMILES string of the molecule is COc1ccc2[nH]cc(C3CCN(C(=O)c4ccc(CN5CC(C)OC(C)C5)cc4)CC3)c2c1. The third-order valence-corrected chi connectivity index (χ3v) is 7.25. The number of hydrogen-bond donors (Lipinski definition) is 1. The first kappa shape index (κ1) is 22.9. The van der Waals surface area contributed by atoms with E-state index in [0.29, 0.717) is 5.92 Å². The van der Waals surface area contributed by atoms with Crippen molar-refractivity contribution in [2.75, 3.05) is 33.3 Å². The van der Waals surface area contributed by atoms with Crippen LogP contribution in [0.1, 0.15) is 54.1 Å². The summed E-state index contributed by atoms with van der Waals surface area (Å²) >= 11 is 0. The Morgan fingerprint density at radius 2 is 1.76 bits per heavy atom. The van der Waals surface area contributed by atoms with Gasteiger partial charge >= 0.3 is 0 Å². The molecular weight excluding hydrogens is 426 g/mol. The van der Waals surface area contributed by atoms with Crippen LogP contribution in [0.25, 0.3) is 10.9 Å². The number of amides is 1. The van der Waals surface area contributed by atoms with Gasteiger partial charge in [0, 0.05) is 55.4 Å². The van der Waals surface area contributed by atoms with Crippen molar-refractivity contribution in [2.24, 2.45) is 0 Å². The van der Waals surface area contributed by atoms with Crippen LogP contribution >= 0.6 is 0 Å². The minimum Gasteiger partial charge on any atom is -0.497 e. The smallest absolute Gasteiger partial charge is 0.253 e. The molecule has 3 heterocycles. The fourth-order valence-corrected chi connectivity index (χ4v) is 5.59. The van der Waals surface area contributed by atoms with Gasteiger partial charge in [-0.15, -0.1) is 0 Å². The Kier molecular flexibility index (Phi) is 6.61. The number of aromatic amines is 1. The van der Waals surface area contributed by atoms with Gasteiger partial charge in [-0.1, -0.05) is 12.1 Å². The lowest BCUT2D eigenvalue weighted by molar-refractivity contribution is -0.0704. The maximum atomic E-state index is 13.2. The fraction of sp³-hybridized carbons (Fsp3) is 0.464. The van der Waals surface area contributed by atoms with Crippen molar-refractivity contribution < 1.29 is 14.3 Å². The van der Waals surface area contributed by atoms with Crippen LogP contribution < -0.4 is 4.74 Å². The van der Waals surface area contributed by atoms with E-state index in [1.54, 1.807) is 7.11 Å². The molecule has 2 atom stereocenters. The van der Waals surface area contributed by atoms with E-state index < -0.39 is 0 Å². The van der Waals surface area contributed by atoms with Crippen LogP contribution in [-0.2, 0) is 11.3 Å². The molecule has 2 aliphatic heterocycles. The second-order valence-electron chi connectivity index (χ2n) is 9.87. The van der Waals surface area contributed by atoms with E-state index in [-0.39, 0.29) is 18.1 Å². The summed E-state index contributed by atoms with van der Waals surface area (Å²) in [5.74, 6) is 1.46. The molecule has 34 heavy (non-hydrogen) atoms. The van der Waals surface area contributed by atoms with E-state index >= 15 is 0 Å². The number of likely N-dealkylation sites (tertiary alicyclic amines) is 1. The van der Waals surface area contributed by atoms with Crippen LogP contribution in [0.4, 0.5) is 0 Å². The van der Waals surface area contributed by atoms with E-state index in [1.165, 1.54) is 16.5 Å². The van der Waals surface area contributed by atoms with Crippen LogP contribution in [0.15, 0.2) is 48.7 Å². The summed E-state index contributed by atoms with van der Waals surface area (Å²) in [7, 11) is 1.70. The number of rotatable bonds is 5. The molecule has 1 amide bonds. The third kappa shape index (κ3) is 4.84. The Balaban J connectivity index is 1.19. The molecular formula is C28H35N3O3. The summed E-state index contributed by atoms with van der Waals surface area (Å²) in [6.07, 6.45) is 4.60. The molecule has 180 valence electrons. The Labute approximate surface area is 201 Å². The number of H-pyrrole nitrogens is 1. The lowest BCUT2D eigenvalue weighted by atomic mass is 9.89. The molecule has 5 rings (SSSR count). The second kappa shape index (κ2) is 9.80. The number of fused-ring (bicyclic) bond motifs is 1. The number of ether oxygens (including phenoxy) is 2. The first-order valence-corrected chi connectivity index (χ1v) is 12.4. The zero-order valence-electron chi connectivity index (χ0n) is 20.4. The maximum absolute atomic E-state index is 13.2. The van der Waals surface area contributed by atoms with Crippen molar-refractivity contribution in [2.45, 2.75) is 51.4 Å². The quantitative estimate of drug-likeness (QED) is 0.593. The number of morpholine rings is 1. The minimum atomic E-state index is 0.138. The van der Waals surface area contributed by atoms with Gasteiger partial charge in [-0.3, -0.25) is 9.69 Å². The highest BCUT2D eigenvalue weighted by Crippen LogP contribution is 2.35. The highest BCUT2D eigenvalue weighted by Gasteiger charge is 2.26. The van der Waals surface area contributed by atoms with Gasteiger partial charge in [0.25, 0.3) is 5.91 Å². The summed E-state index contributed by atoms with van der Waals surface area (Å²) in [5.41, 5.74) is 4.49.